The van der Waals surface area contributed by atoms with Gasteiger partial charge in [0.2, 0.25) is 0 Å². The fraction of sp³-hybridized carbons (Fsp3) is 0.412. The van der Waals surface area contributed by atoms with E-state index in [1.54, 1.807) is 0 Å². The van der Waals surface area contributed by atoms with Crippen molar-refractivity contribution >= 4 is 17.6 Å². The maximum absolute atomic E-state index is 11.8. The van der Waals surface area contributed by atoms with Crippen molar-refractivity contribution in [1.82, 2.24) is 20.4 Å². The number of rotatable bonds is 6. The highest BCUT2D eigenvalue weighted by Crippen LogP contribution is 2.12. The molecule has 2 N–H and O–H groups in total. The number of hydrogen-bond acceptors (Lipinski definition) is 2. The number of urea groups is 1. The van der Waals surface area contributed by atoms with Crippen molar-refractivity contribution in [1.29, 1.82) is 0 Å². The summed E-state index contributed by atoms with van der Waals surface area (Å²) >= 11 is 5.93. The third kappa shape index (κ3) is 4.99. The number of nitrogens with zero attached hydrogens (tertiary/aromatic N) is 2. The van der Waals surface area contributed by atoms with E-state index in [0.29, 0.717) is 18.1 Å². The molecule has 0 unspecified atom stereocenters. The summed E-state index contributed by atoms with van der Waals surface area (Å²) < 4.78 is 1.87. The molecule has 5 nitrogen and oxygen atoms in total. The molecule has 1 aromatic heterocycles. The molecule has 1 aromatic carbocycles. The molecular formula is C17H23ClN4O. The van der Waals surface area contributed by atoms with E-state index in [9.17, 15) is 4.79 Å². The Morgan fingerprint density at radius 3 is 2.52 bits per heavy atom. The van der Waals surface area contributed by atoms with Crippen LogP contribution in [0.25, 0.3) is 0 Å². The van der Waals surface area contributed by atoms with E-state index in [-0.39, 0.29) is 6.03 Å². The Labute approximate surface area is 142 Å². The van der Waals surface area contributed by atoms with Crippen LogP contribution in [0.5, 0.6) is 0 Å². The SMILES string of the molecule is Cc1nn(C)c(C)c1CCNC(=O)NCCc1cccc(Cl)c1. The minimum atomic E-state index is -0.147. The molecule has 0 atom stereocenters. The third-order valence-corrected chi connectivity index (χ3v) is 4.14. The molecule has 0 radical (unpaired) electrons. The molecule has 2 rings (SSSR count). The van der Waals surface area contributed by atoms with Gasteiger partial charge >= 0.3 is 6.03 Å². The van der Waals surface area contributed by atoms with Gasteiger partial charge in [-0.25, -0.2) is 4.79 Å². The highest BCUT2D eigenvalue weighted by Gasteiger charge is 2.09. The van der Waals surface area contributed by atoms with Gasteiger partial charge in [-0.15, -0.1) is 0 Å². The van der Waals surface area contributed by atoms with E-state index in [1.165, 1.54) is 5.56 Å². The van der Waals surface area contributed by atoms with E-state index >= 15 is 0 Å². The summed E-state index contributed by atoms with van der Waals surface area (Å²) in [5.74, 6) is 0. The van der Waals surface area contributed by atoms with Gasteiger partial charge in [0.25, 0.3) is 0 Å². The minimum Gasteiger partial charge on any atom is -0.338 e. The monoisotopic (exact) mass is 334 g/mol. The van der Waals surface area contributed by atoms with Crippen molar-refractivity contribution in [2.45, 2.75) is 26.7 Å². The molecule has 2 amide bonds. The molecule has 124 valence electrons. The van der Waals surface area contributed by atoms with Crippen molar-refractivity contribution < 1.29 is 4.79 Å². The van der Waals surface area contributed by atoms with Gasteiger partial charge in [-0.3, -0.25) is 4.68 Å². The van der Waals surface area contributed by atoms with E-state index in [1.807, 2.05) is 49.8 Å². The van der Waals surface area contributed by atoms with Crippen LogP contribution in [-0.2, 0) is 19.9 Å². The number of benzene rings is 1. The van der Waals surface area contributed by atoms with Crippen molar-refractivity contribution in [2.24, 2.45) is 7.05 Å². The lowest BCUT2D eigenvalue weighted by Crippen LogP contribution is -2.37. The second-order valence-electron chi connectivity index (χ2n) is 5.59. The average molecular weight is 335 g/mol. The lowest BCUT2D eigenvalue weighted by atomic mass is 10.1. The molecule has 0 bridgehead atoms. The smallest absolute Gasteiger partial charge is 0.314 e. The fourth-order valence-corrected chi connectivity index (χ4v) is 2.77. The first-order valence-electron chi connectivity index (χ1n) is 7.72. The number of aryl methyl sites for hydroxylation is 2. The molecule has 6 heteroatoms. The quantitative estimate of drug-likeness (QED) is 0.853. The van der Waals surface area contributed by atoms with Gasteiger partial charge in [0.15, 0.2) is 0 Å². The predicted octanol–water partition coefficient (Wildman–Crippen LogP) is 2.77. The predicted molar refractivity (Wildman–Crippen MR) is 92.9 cm³/mol. The van der Waals surface area contributed by atoms with Crippen molar-refractivity contribution in [2.75, 3.05) is 13.1 Å². The number of nitrogens with one attached hydrogen (secondary N) is 2. The van der Waals surface area contributed by atoms with Gasteiger partial charge in [0, 0.05) is 30.9 Å². The van der Waals surface area contributed by atoms with Crippen LogP contribution in [0.1, 0.15) is 22.5 Å². The molecular weight excluding hydrogens is 312 g/mol. The van der Waals surface area contributed by atoms with Gasteiger partial charge in [-0.1, -0.05) is 23.7 Å². The maximum atomic E-state index is 11.8. The largest absolute Gasteiger partial charge is 0.338 e. The summed E-state index contributed by atoms with van der Waals surface area (Å²) in [5, 5.41) is 10.8. The van der Waals surface area contributed by atoms with Crippen molar-refractivity contribution in [3.05, 3.63) is 51.8 Å². The molecule has 23 heavy (non-hydrogen) atoms. The van der Waals surface area contributed by atoms with Crippen LogP contribution in [0.3, 0.4) is 0 Å². The van der Waals surface area contributed by atoms with Gasteiger partial charge in [0.1, 0.15) is 0 Å². The summed E-state index contributed by atoms with van der Waals surface area (Å²) in [4.78, 5) is 11.8. The Morgan fingerprint density at radius 1 is 1.22 bits per heavy atom. The standard InChI is InChI=1S/C17H23ClN4O/c1-12-16(13(2)22(3)21-12)8-10-20-17(23)19-9-7-14-5-4-6-15(18)11-14/h4-6,11H,7-10H2,1-3H3,(H2,19,20,23). The number of carbonyl (C=O) groups excluding carboxylic acids is 1. The molecule has 0 saturated carbocycles. The molecule has 0 aliphatic heterocycles. The summed E-state index contributed by atoms with van der Waals surface area (Å²) in [5.41, 5.74) is 4.48. The first-order valence-corrected chi connectivity index (χ1v) is 8.10. The van der Waals surface area contributed by atoms with Crippen LogP contribution < -0.4 is 10.6 Å². The van der Waals surface area contributed by atoms with Gasteiger partial charge in [-0.2, -0.15) is 5.10 Å². The van der Waals surface area contributed by atoms with Crippen LogP contribution >= 0.6 is 11.6 Å². The van der Waals surface area contributed by atoms with Crippen LogP contribution in [0.4, 0.5) is 4.79 Å². The van der Waals surface area contributed by atoms with Crippen LogP contribution in [0.15, 0.2) is 24.3 Å². The van der Waals surface area contributed by atoms with E-state index in [4.69, 9.17) is 11.6 Å². The molecule has 0 spiro atoms. The highest BCUT2D eigenvalue weighted by molar-refractivity contribution is 6.30. The number of halogens is 1. The molecule has 1 heterocycles. The van der Waals surface area contributed by atoms with Gasteiger partial charge in [-0.05, 0) is 49.9 Å². The summed E-state index contributed by atoms with van der Waals surface area (Å²) in [7, 11) is 1.93. The zero-order chi connectivity index (χ0) is 16.8. The number of aromatic nitrogens is 2. The van der Waals surface area contributed by atoms with Gasteiger partial charge < -0.3 is 10.6 Å². The molecule has 2 aromatic rings. The van der Waals surface area contributed by atoms with Crippen molar-refractivity contribution in [3.8, 4) is 0 Å². The minimum absolute atomic E-state index is 0.147. The lowest BCUT2D eigenvalue weighted by Gasteiger charge is -2.08. The Hall–Kier alpha value is -2.01. The average Bonchev–Trinajstić information content (AvgIpc) is 2.73. The lowest BCUT2D eigenvalue weighted by molar-refractivity contribution is 0.241. The zero-order valence-corrected chi connectivity index (χ0v) is 14.6. The van der Waals surface area contributed by atoms with Crippen LogP contribution in [-0.4, -0.2) is 28.9 Å². The highest BCUT2D eigenvalue weighted by atomic mass is 35.5. The summed E-state index contributed by atoms with van der Waals surface area (Å²) in [6.07, 6.45) is 1.54. The van der Waals surface area contributed by atoms with E-state index in [0.717, 1.165) is 29.8 Å². The van der Waals surface area contributed by atoms with Crippen molar-refractivity contribution in [3.63, 3.8) is 0 Å². The molecule has 0 aliphatic rings. The topological polar surface area (TPSA) is 59.0 Å². The Morgan fingerprint density at radius 2 is 1.91 bits per heavy atom. The number of amides is 2. The Kier molecular flexibility index (Phi) is 6.04. The Balaban J connectivity index is 1.69. The van der Waals surface area contributed by atoms with E-state index in [2.05, 4.69) is 15.7 Å². The number of carbonyl (C=O) groups is 1. The second kappa shape index (κ2) is 8.02. The fourth-order valence-electron chi connectivity index (χ4n) is 2.56. The molecule has 0 aliphatic carbocycles. The number of hydrogen-bond donors (Lipinski definition) is 2. The first kappa shape index (κ1) is 17.3. The van der Waals surface area contributed by atoms with E-state index < -0.39 is 0 Å². The molecule has 0 fully saturated rings. The van der Waals surface area contributed by atoms with Crippen LogP contribution in [0.2, 0.25) is 5.02 Å². The van der Waals surface area contributed by atoms with Crippen LogP contribution in [0, 0.1) is 13.8 Å². The summed E-state index contributed by atoms with van der Waals surface area (Å²) in [6.45, 7) is 5.21. The first-order chi connectivity index (χ1) is 11.0. The third-order valence-electron chi connectivity index (χ3n) is 3.91. The second-order valence-corrected chi connectivity index (χ2v) is 6.02. The molecule has 0 saturated heterocycles. The maximum Gasteiger partial charge on any atom is 0.314 e. The normalized spacial score (nSPS) is 10.6. The van der Waals surface area contributed by atoms with Gasteiger partial charge in [0.05, 0.1) is 5.69 Å². The zero-order valence-electron chi connectivity index (χ0n) is 13.8. The Bertz CT molecular complexity index is 681. The summed E-state index contributed by atoms with van der Waals surface area (Å²) in [6, 6.07) is 7.52.